The average molecular weight is 255 g/mol. The molecule has 18 heavy (non-hydrogen) atoms. The highest BCUT2D eigenvalue weighted by Crippen LogP contribution is 2.44. The first-order valence-electron chi connectivity index (χ1n) is 5.62. The number of hydrogen-bond acceptors (Lipinski definition) is 3. The van der Waals surface area contributed by atoms with Gasteiger partial charge in [0.2, 0.25) is 0 Å². The van der Waals surface area contributed by atoms with Crippen molar-refractivity contribution in [3.8, 4) is 5.75 Å². The van der Waals surface area contributed by atoms with Crippen molar-refractivity contribution in [3.05, 3.63) is 35.2 Å². The molecule has 1 aromatic heterocycles. The molecule has 0 unspecified atom stereocenters. The SMILES string of the molecule is COc1ccc2c3c(cc4ccsc4c13)NC2=O. The van der Waals surface area contributed by atoms with Crippen molar-refractivity contribution in [2.24, 2.45) is 0 Å². The minimum absolute atomic E-state index is 0.0321. The molecule has 0 bridgehead atoms. The maximum atomic E-state index is 11.9. The van der Waals surface area contributed by atoms with E-state index in [0.29, 0.717) is 0 Å². The van der Waals surface area contributed by atoms with Gasteiger partial charge in [-0.1, -0.05) is 0 Å². The van der Waals surface area contributed by atoms with Crippen molar-refractivity contribution in [2.75, 3.05) is 12.4 Å². The van der Waals surface area contributed by atoms with E-state index in [2.05, 4.69) is 16.8 Å². The van der Waals surface area contributed by atoms with E-state index in [-0.39, 0.29) is 5.91 Å². The maximum absolute atomic E-state index is 11.9. The predicted molar refractivity (Wildman–Crippen MR) is 73.8 cm³/mol. The summed E-state index contributed by atoms with van der Waals surface area (Å²) in [7, 11) is 1.66. The Labute approximate surface area is 107 Å². The number of rotatable bonds is 1. The van der Waals surface area contributed by atoms with Gasteiger partial charge in [0.1, 0.15) is 5.75 Å². The molecule has 2 heterocycles. The van der Waals surface area contributed by atoms with Crippen molar-refractivity contribution < 1.29 is 9.53 Å². The van der Waals surface area contributed by atoms with Gasteiger partial charge in [0, 0.05) is 21.0 Å². The summed E-state index contributed by atoms with van der Waals surface area (Å²) in [6, 6.07) is 7.78. The molecular formula is C14H9NO2S. The third-order valence-corrected chi connectivity index (χ3v) is 4.32. The Hall–Kier alpha value is -2.07. The Morgan fingerprint density at radius 1 is 1.22 bits per heavy atom. The number of thiophene rings is 1. The number of ether oxygens (including phenoxy) is 1. The average Bonchev–Trinajstić information content (AvgIpc) is 2.96. The Balaban J connectivity index is 2.34. The molecule has 0 radical (unpaired) electrons. The molecule has 4 heteroatoms. The van der Waals surface area contributed by atoms with Crippen LogP contribution in [0.5, 0.6) is 5.75 Å². The minimum atomic E-state index is -0.0321. The van der Waals surface area contributed by atoms with Crippen molar-refractivity contribution in [2.45, 2.75) is 0 Å². The van der Waals surface area contributed by atoms with E-state index < -0.39 is 0 Å². The van der Waals surface area contributed by atoms with Crippen LogP contribution in [0.4, 0.5) is 5.69 Å². The molecule has 0 saturated carbocycles. The second-order valence-corrected chi connectivity index (χ2v) is 5.20. The molecule has 0 saturated heterocycles. The second-order valence-electron chi connectivity index (χ2n) is 4.28. The first kappa shape index (κ1) is 9.91. The van der Waals surface area contributed by atoms with E-state index in [1.54, 1.807) is 18.4 Å². The predicted octanol–water partition coefficient (Wildman–Crippen LogP) is 3.63. The normalized spacial score (nSPS) is 13.3. The van der Waals surface area contributed by atoms with Gasteiger partial charge in [-0.2, -0.15) is 0 Å². The number of hydrogen-bond donors (Lipinski definition) is 1. The van der Waals surface area contributed by atoms with E-state index >= 15 is 0 Å². The molecule has 1 aliphatic rings. The maximum Gasteiger partial charge on any atom is 0.256 e. The van der Waals surface area contributed by atoms with Crippen LogP contribution in [-0.4, -0.2) is 13.0 Å². The summed E-state index contributed by atoms with van der Waals surface area (Å²) in [6.45, 7) is 0. The van der Waals surface area contributed by atoms with Crippen LogP contribution in [-0.2, 0) is 0 Å². The van der Waals surface area contributed by atoms with Gasteiger partial charge in [-0.15, -0.1) is 11.3 Å². The lowest BCUT2D eigenvalue weighted by Crippen LogP contribution is -2.03. The highest BCUT2D eigenvalue weighted by Gasteiger charge is 2.25. The molecule has 88 valence electrons. The lowest BCUT2D eigenvalue weighted by Gasteiger charge is -2.07. The molecule has 0 atom stereocenters. The molecule has 2 aromatic carbocycles. The summed E-state index contributed by atoms with van der Waals surface area (Å²) < 4.78 is 6.62. The van der Waals surface area contributed by atoms with E-state index in [1.807, 2.05) is 18.2 Å². The Bertz CT molecular complexity index is 819. The number of amides is 1. The Morgan fingerprint density at radius 3 is 2.94 bits per heavy atom. The zero-order chi connectivity index (χ0) is 12.3. The lowest BCUT2D eigenvalue weighted by atomic mass is 10.0. The summed E-state index contributed by atoms with van der Waals surface area (Å²) in [4.78, 5) is 11.9. The summed E-state index contributed by atoms with van der Waals surface area (Å²) in [5, 5.41) is 8.13. The van der Waals surface area contributed by atoms with Crippen LogP contribution in [0.15, 0.2) is 29.6 Å². The van der Waals surface area contributed by atoms with Gasteiger partial charge in [-0.05, 0) is 35.0 Å². The van der Waals surface area contributed by atoms with Crippen LogP contribution in [0.2, 0.25) is 0 Å². The topological polar surface area (TPSA) is 38.3 Å². The third-order valence-electron chi connectivity index (χ3n) is 3.37. The van der Waals surface area contributed by atoms with Gasteiger partial charge in [0.05, 0.1) is 12.8 Å². The van der Waals surface area contributed by atoms with Gasteiger partial charge in [-0.25, -0.2) is 0 Å². The zero-order valence-corrected chi connectivity index (χ0v) is 10.4. The molecule has 1 amide bonds. The minimum Gasteiger partial charge on any atom is -0.496 e. The molecule has 3 aromatic rings. The molecule has 1 aliphatic heterocycles. The van der Waals surface area contributed by atoms with Gasteiger partial charge >= 0.3 is 0 Å². The highest BCUT2D eigenvalue weighted by atomic mass is 32.1. The Morgan fingerprint density at radius 2 is 2.11 bits per heavy atom. The fraction of sp³-hybridized carbons (Fsp3) is 0.0714. The first-order chi connectivity index (χ1) is 8.79. The summed E-state index contributed by atoms with van der Waals surface area (Å²) >= 11 is 1.67. The number of methoxy groups -OCH3 is 1. The van der Waals surface area contributed by atoms with Gasteiger partial charge in [-0.3, -0.25) is 4.79 Å². The number of carbonyl (C=O) groups excluding carboxylic acids is 1. The third kappa shape index (κ3) is 1.06. The standard InChI is InChI=1S/C14H9NO2S/c1-17-10-3-2-8-11-9(15-14(8)16)6-7-4-5-18-13(7)12(10)11/h2-6H,1H3,(H,15,16). The van der Waals surface area contributed by atoms with Crippen LogP contribution < -0.4 is 10.1 Å². The van der Waals surface area contributed by atoms with Gasteiger partial charge < -0.3 is 10.1 Å². The van der Waals surface area contributed by atoms with Crippen LogP contribution in [0.1, 0.15) is 10.4 Å². The van der Waals surface area contributed by atoms with Crippen LogP contribution >= 0.6 is 11.3 Å². The van der Waals surface area contributed by atoms with Crippen LogP contribution in [0.3, 0.4) is 0 Å². The van der Waals surface area contributed by atoms with E-state index in [0.717, 1.165) is 33.2 Å². The van der Waals surface area contributed by atoms with Crippen LogP contribution in [0, 0.1) is 0 Å². The fourth-order valence-electron chi connectivity index (χ4n) is 2.60. The molecular weight excluding hydrogens is 246 g/mol. The molecule has 0 spiro atoms. The van der Waals surface area contributed by atoms with E-state index in [1.165, 1.54) is 4.70 Å². The molecule has 4 rings (SSSR count). The highest BCUT2D eigenvalue weighted by molar-refractivity contribution is 7.18. The molecule has 3 nitrogen and oxygen atoms in total. The summed E-state index contributed by atoms with van der Waals surface area (Å²) in [5.41, 5.74) is 1.62. The fourth-order valence-corrected chi connectivity index (χ4v) is 3.53. The number of anilines is 1. The number of carbonyl (C=O) groups is 1. The van der Waals surface area contributed by atoms with Gasteiger partial charge in [0.25, 0.3) is 5.91 Å². The zero-order valence-electron chi connectivity index (χ0n) is 9.61. The van der Waals surface area contributed by atoms with E-state index in [9.17, 15) is 4.79 Å². The quantitative estimate of drug-likeness (QED) is 0.721. The molecule has 0 fully saturated rings. The van der Waals surface area contributed by atoms with Crippen LogP contribution in [0.25, 0.3) is 20.9 Å². The summed E-state index contributed by atoms with van der Waals surface area (Å²) in [6.07, 6.45) is 0. The van der Waals surface area contributed by atoms with Crippen molar-refractivity contribution >= 4 is 43.8 Å². The molecule has 1 N–H and O–H groups in total. The van der Waals surface area contributed by atoms with Crippen molar-refractivity contribution in [3.63, 3.8) is 0 Å². The number of fused-ring (bicyclic) bond motifs is 2. The molecule has 0 aliphatic carbocycles. The summed E-state index contributed by atoms with van der Waals surface area (Å²) in [5.74, 6) is 0.787. The number of nitrogens with one attached hydrogen (secondary N) is 1. The van der Waals surface area contributed by atoms with Crippen molar-refractivity contribution in [1.29, 1.82) is 0 Å². The Kier molecular flexibility index (Phi) is 1.78. The van der Waals surface area contributed by atoms with Crippen molar-refractivity contribution in [1.82, 2.24) is 0 Å². The number of benzene rings is 2. The largest absolute Gasteiger partial charge is 0.496 e. The lowest BCUT2D eigenvalue weighted by molar-refractivity contribution is 0.103. The van der Waals surface area contributed by atoms with Gasteiger partial charge in [0.15, 0.2) is 0 Å². The smallest absolute Gasteiger partial charge is 0.256 e. The second kappa shape index (κ2) is 3.23. The first-order valence-corrected chi connectivity index (χ1v) is 6.50. The van der Waals surface area contributed by atoms with E-state index in [4.69, 9.17) is 4.74 Å². The monoisotopic (exact) mass is 255 g/mol.